The van der Waals surface area contributed by atoms with Crippen LogP contribution in [0.25, 0.3) is 0 Å². The highest BCUT2D eigenvalue weighted by atomic mass is 16.3. The zero-order valence-electron chi connectivity index (χ0n) is 15.4. The van der Waals surface area contributed by atoms with Crippen LogP contribution in [0, 0.1) is 34.5 Å². The summed E-state index contributed by atoms with van der Waals surface area (Å²) in [6.45, 7) is 6.20. The molecule has 4 rings (SSSR count). The molecule has 0 aromatic carbocycles. The van der Waals surface area contributed by atoms with Gasteiger partial charge in [-0.05, 0) is 81.0 Å². The summed E-state index contributed by atoms with van der Waals surface area (Å²) in [4.78, 5) is 24.2. The van der Waals surface area contributed by atoms with E-state index < -0.39 is 5.60 Å². The maximum Gasteiger partial charge on any atom is 0.161 e. The van der Waals surface area contributed by atoms with E-state index in [1.165, 1.54) is 6.42 Å². The highest BCUT2D eigenvalue weighted by Gasteiger charge is 2.65. The summed E-state index contributed by atoms with van der Waals surface area (Å²) in [5.41, 5.74) is -1.05. The predicted molar refractivity (Wildman–Crippen MR) is 92.4 cm³/mol. The molecule has 0 unspecified atom stereocenters. The molecule has 4 aliphatic rings. The van der Waals surface area contributed by atoms with Gasteiger partial charge in [-0.15, -0.1) is 0 Å². The fraction of sp³-hybridized carbons (Fsp3) is 0.905. The molecule has 0 aromatic rings. The largest absolute Gasteiger partial charge is 0.382 e. The quantitative estimate of drug-likeness (QED) is 0.792. The van der Waals surface area contributed by atoms with Gasteiger partial charge in [-0.1, -0.05) is 13.8 Å². The second kappa shape index (κ2) is 5.16. The zero-order chi connectivity index (χ0) is 17.3. The van der Waals surface area contributed by atoms with Crippen LogP contribution in [0.2, 0.25) is 0 Å². The molecule has 0 aromatic heterocycles. The standard InChI is InChI=1S/C21H32O3/c1-13(22)21(24)11-8-18-16-5-4-14-12-15(23)6-9-19(14,2)17(16)7-10-20(18,21)3/h14,16-18,24H,4-12H2,1-3H3/t14-,16+,17-,18-,19+,20-,21-/m1/s1. The highest BCUT2D eigenvalue weighted by molar-refractivity contribution is 5.86. The highest BCUT2D eigenvalue weighted by Crippen LogP contribution is 2.68. The van der Waals surface area contributed by atoms with Crippen LogP contribution in [0.4, 0.5) is 0 Å². The molecular formula is C21H32O3. The lowest BCUT2D eigenvalue weighted by Crippen LogP contribution is -2.58. The monoisotopic (exact) mass is 332 g/mol. The van der Waals surface area contributed by atoms with Crippen molar-refractivity contribution in [3.8, 4) is 0 Å². The first-order chi connectivity index (χ1) is 11.2. The van der Waals surface area contributed by atoms with Crippen molar-refractivity contribution in [3.05, 3.63) is 0 Å². The summed E-state index contributed by atoms with van der Waals surface area (Å²) >= 11 is 0. The van der Waals surface area contributed by atoms with Gasteiger partial charge in [0.2, 0.25) is 0 Å². The number of fused-ring (bicyclic) bond motifs is 5. The minimum atomic E-state index is -1.11. The van der Waals surface area contributed by atoms with Gasteiger partial charge in [-0.3, -0.25) is 9.59 Å². The van der Waals surface area contributed by atoms with Crippen LogP contribution in [-0.4, -0.2) is 22.3 Å². The van der Waals surface area contributed by atoms with Gasteiger partial charge in [0.1, 0.15) is 11.4 Å². The molecule has 0 amide bonds. The maximum absolute atomic E-state index is 12.2. The molecular weight excluding hydrogens is 300 g/mol. The van der Waals surface area contributed by atoms with Crippen molar-refractivity contribution in [1.82, 2.24) is 0 Å². The first kappa shape index (κ1) is 16.8. The Morgan fingerprint density at radius 2 is 1.75 bits per heavy atom. The molecule has 4 aliphatic carbocycles. The fourth-order valence-corrected chi connectivity index (χ4v) is 7.64. The Labute approximate surface area is 145 Å². The summed E-state index contributed by atoms with van der Waals surface area (Å²) in [5.74, 6) is 2.78. The molecule has 0 aliphatic heterocycles. The third-order valence-electron chi connectivity index (χ3n) is 9.22. The number of hydrogen-bond acceptors (Lipinski definition) is 3. The van der Waals surface area contributed by atoms with Crippen molar-refractivity contribution in [3.63, 3.8) is 0 Å². The molecule has 24 heavy (non-hydrogen) atoms. The van der Waals surface area contributed by atoms with Gasteiger partial charge in [-0.25, -0.2) is 0 Å². The summed E-state index contributed by atoms with van der Waals surface area (Å²) in [7, 11) is 0. The SMILES string of the molecule is CC(=O)[C@]1(O)CC[C@@H]2[C@H]3CC[C@@H]4CC(=O)CC[C@]4(C)[C@@H]3CC[C@]21C. The van der Waals surface area contributed by atoms with Gasteiger partial charge in [0, 0.05) is 18.3 Å². The van der Waals surface area contributed by atoms with E-state index in [4.69, 9.17) is 0 Å². The van der Waals surface area contributed by atoms with Crippen LogP contribution >= 0.6 is 0 Å². The van der Waals surface area contributed by atoms with Gasteiger partial charge >= 0.3 is 0 Å². The van der Waals surface area contributed by atoms with Gasteiger partial charge in [0.15, 0.2) is 5.78 Å². The Morgan fingerprint density at radius 1 is 1.04 bits per heavy atom. The number of hydrogen-bond donors (Lipinski definition) is 1. The second-order valence-electron chi connectivity index (χ2n) is 9.81. The molecule has 4 fully saturated rings. The van der Waals surface area contributed by atoms with Gasteiger partial charge in [0.25, 0.3) is 0 Å². The Bertz CT molecular complexity index is 584. The fourth-order valence-electron chi connectivity index (χ4n) is 7.64. The van der Waals surface area contributed by atoms with Crippen LogP contribution in [-0.2, 0) is 9.59 Å². The predicted octanol–water partition coefficient (Wildman–Crippen LogP) is 3.92. The van der Waals surface area contributed by atoms with E-state index in [0.29, 0.717) is 41.3 Å². The van der Waals surface area contributed by atoms with Crippen molar-refractivity contribution in [2.24, 2.45) is 34.5 Å². The number of aliphatic hydroxyl groups is 1. The Kier molecular flexibility index (Phi) is 3.60. The van der Waals surface area contributed by atoms with Crippen molar-refractivity contribution in [2.75, 3.05) is 0 Å². The van der Waals surface area contributed by atoms with Crippen LogP contribution < -0.4 is 0 Å². The van der Waals surface area contributed by atoms with E-state index in [9.17, 15) is 14.7 Å². The molecule has 3 heteroatoms. The van der Waals surface area contributed by atoms with E-state index in [1.807, 2.05) is 0 Å². The van der Waals surface area contributed by atoms with E-state index >= 15 is 0 Å². The second-order valence-corrected chi connectivity index (χ2v) is 9.81. The van der Waals surface area contributed by atoms with Gasteiger partial charge in [-0.2, -0.15) is 0 Å². The zero-order valence-corrected chi connectivity index (χ0v) is 15.4. The molecule has 1 N–H and O–H groups in total. The van der Waals surface area contributed by atoms with Crippen LogP contribution in [0.1, 0.15) is 78.6 Å². The minimum Gasteiger partial charge on any atom is -0.382 e. The summed E-state index contributed by atoms with van der Waals surface area (Å²) in [5, 5.41) is 11.2. The smallest absolute Gasteiger partial charge is 0.161 e. The molecule has 4 saturated carbocycles. The summed E-state index contributed by atoms with van der Waals surface area (Å²) < 4.78 is 0. The summed E-state index contributed by atoms with van der Waals surface area (Å²) in [6.07, 6.45) is 8.67. The Morgan fingerprint density at radius 3 is 2.46 bits per heavy atom. The molecule has 134 valence electrons. The number of Topliss-reactive ketones (excluding diaryl/α,β-unsaturated/α-hetero) is 2. The van der Waals surface area contributed by atoms with Crippen molar-refractivity contribution in [2.45, 2.75) is 84.2 Å². The van der Waals surface area contributed by atoms with E-state index in [-0.39, 0.29) is 11.2 Å². The number of carbonyl (C=O) groups is 2. The number of rotatable bonds is 1. The lowest BCUT2D eigenvalue weighted by Gasteiger charge is -2.60. The minimum absolute atomic E-state index is 0.0332. The van der Waals surface area contributed by atoms with Crippen molar-refractivity contribution in [1.29, 1.82) is 0 Å². The number of carbonyl (C=O) groups excluding carboxylic acids is 2. The molecule has 7 atom stereocenters. The average molecular weight is 332 g/mol. The molecule has 0 bridgehead atoms. The van der Waals surface area contributed by atoms with Crippen LogP contribution in [0.5, 0.6) is 0 Å². The lowest BCUT2D eigenvalue weighted by molar-refractivity contribution is -0.169. The molecule has 0 saturated heterocycles. The Hall–Kier alpha value is -0.700. The maximum atomic E-state index is 12.2. The van der Waals surface area contributed by atoms with Crippen molar-refractivity contribution < 1.29 is 14.7 Å². The van der Waals surface area contributed by atoms with Gasteiger partial charge in [0.05, 0.1) is 0 Å². The van der Waals surface area contributed by atoms with E-state index in [2.05, 4.69) is 13.8 Å². The third-order valence-corrected chi connectivity index (χ3v) is 9.22. The first-order valence-electron chi connectivity index (χ1n) is 9.97. The van der Waals surface area contributed by atoms with E-state index in [1.54, 1.807) is 6.92 Å². The first-order valence-corrected chi connectivity index (χ1v) is 9.97. The average Bonchev–Trinajstić information content (AvgIpc) is 2.81. The third kappa shape index (κ3) is 1.94. The number of ketones is 2. The molecule has 3 nitrogen and oxygen atoms in total. The topological polar surface area (TPSA) is 54.4 Å². The Balaban J connectivity index is 1.66. The van der Waals surface area contributed by atoms with Crippen LogP contribution in [0.3, 0.4) is 0 Å². The van der Waals surface area contributed by atoms with Crippen molar-refractivity contribution >= 4 is 11.6 Å². The molecule has 0 spiro atoms. The van der Waals surface area contributed by atoms with E-state index in [0.717, 1.165) is 44.9 Å². The lowest BCUT2D eigenvalue weighted by atomic mass is 9.44. The van der Waals surface area contributed by atoms with Crippen LogP contribution in [0.15, 0.2) is 0 Å². The summed E-state index contributed by atoms with van der Waals surface area (Å²) in [6, 6.07) is 0. The normalized spacial score (nSPS) is 53.9. The molecule has 0 radical (unpaired) electrons. The molecule has 0 heterocycles. The van der Waals surface area contributed by atoms with Gasteiger partial charge < -0.3 is 5.11 Å².